The summed E-state index contributed by atoms with van der Waals surface area (Å²) in [5, 5.41) is 15.9. The van der Waals surface area contributed by atoms with E-state index in [1.165, 1.54) is 0 Å². The summed E-state index contributed by atoms with van der Waals surface area (Å²) in [4.78, 5) is 16.5. The van der Waals surface area contributed by atoms with Crippen LogP contribution in [0.5, 0.6) is 5.75 Å². The number of carbonyl (C=O) groups is 1. The van der Waals surface area contributed by atoms with Gasteiger partial charge in [0.2, 0.25) is 0 Å². The summed E-state index contributed by atoms with van der Waals surface area (Å²) in [5.41, 5.74) is 1.38. The van der Waals surface area contributed by atoms with Gasteiger partial charge in [-0.2, -0.15) is 10.4 Å². The summed E-state index contributed by atoms with van der Waals surface area (Å²) in [6, 6.07) is 14.2. The van der Waals surface area contributed by atoms with Crippen LogP contribution < -0.4 is 10.1 Å². The zero-order chi connectivity index (χ0) is 18.4. The maximum atomic E-state index is 12.3. The molecule has 0 aliphatic carbocycles. The normalized spacial score (nSPS) is 11.4. The minimum Gasteiger partial charge on any atom is -0.481 e. The first-order valence-electron chi connectivity index (χ1n) is 8.05. The minimum atomic E-state index is -0.684. The molecule has 3 rings (SSSR count). The Hall–Kier alpha value is -3.66. The lowest BCUT2D eigenvalue weighted by atomic mass is 10.2. The van der Waals surface area contributed by atoms with Gasteiger partial charge in [-0.3, -0.25) is 4.79 Å². The molecule has 0 aliphatic rings. The molecule has 26 heavy (non-hydrogen) atoms. The number of benzene rings is 1. The van der Waals surface area contributed by atoms with E-state index >= 15 is 0 Å². The lowest BCUT2D eigenvalue weighted by Crippen LogP contribution is -2.35. The fourth-order valence-electron chi connectivity index (χ4n) is 2.33. The highest BCUT2D eigenvalue weighted by atomic mass is 16.5. The molecule has 7 heteroatoms. The predicted octanol–water partition coefficient (Wildman–Crippen LogP) is 2.22. The molecule has 0 aliphatic heterocycles. The number of rotatable bonds is 6. The van der Waals surface area contributed by atoms with Gasteiger partial charge < -0.3 is 10.1 Å². The third-order valence-corrected chi connectivity index (χ3v) is 3.66. The van der Waals surface area contributed by atoms with Crippen molar-refractivity contribution in [3.8, 4) is 17.6 Å². The van der Waals surface area contributed by atoms with Crippen molar-refractivity contribution in [1.29, 1.82) is 5.26 Å². The van der Waals surface area contributed by atoms with Crippen LogP contribution >= 0.6 is 0 Å². The summed E-state index contributed by atoms with van der Waals surface area (Å²) in [5.74, 6) is 0.917. The highest BCUT2D eigenvalue weighted by Gasteiger charge is 2.14. The first-order chi connectivity index (χ1) is 12.7. The van der Waals surface area contributed by atoms with E-state index in [1.54, 1.807) is 54.5 Å². The van der Waals surface area contributed by atoms with Gasteiger partial charge in [0.15, 0.2) is 11.9 Å². The number of hydrogen-bond donors (Lipinski definition) is 1. The molecule has 0 unspecified atom stereocenters. The monoisotopic (exact) mass is 347 g/mol. The Morgan fingerprint density at radius 2 is 2.19 bits per heavy atom. The molecule has 1 aromatic carbocycles. The summed E-state index contributed by atoms with van der Waals surface area (Å²) >= 11 is 0. The van der Waals surface area contributed by atoms with Gasteiger partial charge in [-0.25, -0.2) is 9.67 Å². The molecular weight excluding hydrogens is 330 g/mol. The van der Waals surface area contributed by atoms with Crippen LogP contribution in [0.2, 0.25) is 0 Å². The molecule has 0 saturated carbocycles. The molecule has 0 spiro atoms. The van der Waals surface area contributed by atoms with E-state index in [2.05, 4.69) is 15.4 Å². The molecule has 1 amide bonds. The summed E-state index contributed by atoms with van der Waals surface area (Å²) in [6.07, 6.45) is 4.47. The third-order valence-electron chi connectivity index (χ3n) is 3.66. The topological polar surface area (TPSA) is 92.8 Å². The summed E-state index contributed by atoms with van der Waals surface area (Å²) < 4.78 is 7.25. The number of aromatic nitrogens is 3. The predicted molar refractivity (Wildman–Crippen MR) is 94.5 cm³/mol. The number of hydrogen-bond acceptors (Lipinski definition) is 5. The van der Waals surface area contributed by atoms with Crippen LogP contribution in [-0.4, -0.2) is 26.8 Å². The number of nitriles is 1. The summed E-state index contributed by atoms with van der Waals surface area (Å²) in [7, 11) is 0. The largest absolute Gasteiger partial charge is 0.481 e. The second-order valence-corrected chi connectivity index (χ2v) is 5.59. The highest BCUT2D eigenvalue weighted by molar-refractivity contribution is 5.80. The van der Waals surface area contributed by atoms with Gasteiger partial charge >= 0.3 is 0 Å². The van der Waals surface area contributed by atoms with Crippen LogP contribution in [0, 0.1) is 11.3 Å². The molecule has 130 valence electrons. The standard InChI is InChI=1S/C19H17N5O2/c1-14(26-17-5-2-4-15(10-17)12-20)19(25)22-13-16-6-8-21-18(11-16)24-9-3-7-23-24/h2-11,14H,13H2,1H3,(H,22,25)/t14-/m0/s1. The quantitative estimate of drug-likeness (QED) is 0.738. The Morgan fingerprint density at radius 3 is 2.96 bits per heavy atom. The van der Waals surface area contributed by atoms with Crippen LogP contribution in [0.3, 0.4) is 0 Å². The van der Waals surface area contributed by atoms with E-state index in [0.717, 1.165) is 5.56 Å². The average Bonchev–Trinajstić information content (AvgIpc) is 3.21. The number of carbonyl (C=O) groups excluding carboxylic acids is 1. The van der Waals surface area contributed by atoms with E-state index in [9.17, 15) is 4.79 Å². The van der Waals surface area contributed by atoms with E-state index in [0.29, 0.717) is 23.7 Å². The van der Waals surface area contributed by atoms with Gasteiger partial charge in [-0.05, 0) is 48.9 Å². The van der Waals surface area contributed by atoms with E-state index in [-0.39, 0.29) is 5.91 Å². The molecule has 0 radical (unpaired) electrons. The molecule has 3 aromatic rings. The van der Waals surface area contributed by atoms with Crippen molar-refractivity contribution in [2.75, 3.05) is 0 Å². The Morgan fingerprint density at radius 1 is 1.31 bits per heavy atom. The summed E-state index contributed by atoms with van der Waals surface area (Å²) in [6.45, 7) is 2.01. The highest BCUT2D eigenvalue weighted by Crippen LogP contribution is 2.14. The maximum Gasteiger partial charge on any atom is 0.261 e. The van der Waals surface area contributed by atoms with Gasteiger partial charge in [-0.1, -0.05) is 6.07 Å². The van der Waals surface area contributed by atoms with Crippen LogP contribution in [0.1, 0.15) is 18.1 Å². The molecule has 7 nitrogen and oxygen atoms in total. The fraction of sp³-hybridized carbons (Fsp3) is 0.158. The van der Waals surface area contributed by atoms with E-state index in [4.69, 9.17) is 10.00 Å². The number of nitrogens with zero attached hydrogens (tertiary/aromatic N) is 4. The zero-order valence-electron chi connectivity index (χ0n) is 14.2. The zero-order valence-corrected chi connectivity index (χ0v) is 14.2. The Labute approximate surface area is 150 Å². The van der Waals surface area contributed by atoms with Gasteiger partial charge in [0.1, 0.15) is 5.75 Å². The molecule has 2 aromatic heterocycles. The smallest absolute Gasteiger partial charge is 0.261 e. The van der Waals surface area contributed by atoms with Crippen molar-refractivity contribution >= 4 is 5.91 Å². The van der Waals surface area contributed by atoms with Gasteiger partial charge in [0.25, 0.3) is 5.91 Å². The lowest BCUT2D eigenvalue weighted by Gasteiger charge is -2.15. The molecule has 0 bridgehead atoms. The Bertz CT molecular complexity index is 931. The average molecular weight is 347 g/mol. The van der Waals surface area contributed by atoms with Crippen molar-refractivity contribution in [2.45, 2.75) is 19.6 Å². The first-order valence-corrected chi connectivity index (χ1v) is 8.05. The SMILES string of the molecule is C[C@H](Oc1cccc(C#N)c1)C(=O)NCc1ccnc(-n2cccn2)c1. The first kappa shape index (κ1) is 17.2. The molecular formula is C19H17N5O2. The van der Waals surface area contributed by atoms with Crippen LogP contribution in [0.25, 0.3) is 5.82 Å². The van der Waals surface area contributed by atoms with Crippen molar-refractivity contribution in [3.05, 3.63) is 72.2 Å². The number of nitrogens with one attached hydrogen (secondary N) is 1. The Balaban J connectivity index is 1.58. The molecule has 0 saturated heterocycles. The number of amides is 1. The number of ether oxygens (including phenoxy) is 1. The molecule has 1 N–H and O–H groups in total. The van der Waals surface area contributed by atoms with Crippen molar-refractivity contribution in [1.82, 2.24) is 20.1 Å². The molecule has 0 fully saturated rings. The van der Waals surface area contributed by atoms with Crippen LogP contribution in [0.4, 0.5) is 0 Å². The molecule has 1 atom stereocenters. The Kier molecular flexibility index (Phi) is 5.25. The lowest BCUT2D eigenvalue weighted by molar-refractivity contribution is -0.127. The van der Waals surface area contributed by atoms with Crippen LogP contribution in [-0.2, 0) is 11.3 Å². The van der Waals surface area contributed by atoms with Crippen molar-refractivity contribution in [2.24, 2.45) is 0 Å². The van der Waals surface area contributed by atoms with Crippen molar-refractivity contribution in [3.63, 3.8) is 0 Å². The molecule has 2 heterocycles. The number of pyridine rings is 1. The van der Waals surface area contributed by atoms with Crippen LogP contribution in [0.15, 0.2) is 61.1 Å². The van der Waals surface area contributed by atoms with E-state index < -0.39 is 6.10 Å². The van der Waals surface area contributed by atoms with E-state index in [1.807, 2.05) is 24.3 Å². The second-order valence-electron chi connectivity index (χ2n) is 5.59. The van der Waals surface area contributed by atoms with Gasteiger partial charge in [-0.15, -0.1) is 0 Å². The minimum absolute atomic E-state index is 0.246. The third kappa shape index (κ3) is 4.24. The van der Waals surface area contributed by atoms with Gasteiger partial charge in [0.05, 0.1) is 11.6 Å². The fourth-order valence-corrected chi connectivity index (χ4v) is 2.33. The van der Waals surface area contributed by atoms with Gasteiger partial charge in [0, 0.05) is 25.1 Å². The maximum absolute atomic E-state index is 12.3. The second kappa shape index (κ2) is 7.94. The van der Waals surface area contributed by atoms with Crippen molar-refractivity contribution < 1.29 is 9.53 Å².